The Labute approximate surface area is 133 Å². The molecule has 0 spiro atoms. The van der Waals surface area contributed by atoms with Crippen molar-refractivity contribution in [2.75, 3.05) is 11.9 Å². The number of halogens is 1. The highest BCUT2D eigenvalue weighted by molar-refractivity contribution is 9.09. The summed E-state index contributed by atoms with van der Waals surface area (Å²) in [5.74, 6) is -0.286. The van der Waals surface area contributed by atoms with E-state index in [9.17, 15) is 9.59 Å². The summed E-state index contributed by atoms with van der Waals surface area (Å²) < 4.78 is 5.08. The van der Waals surface area contributed by atoms with Gasteiger partial charge in [-0.1, -0.05) is 53.2 Å². The minimum atomic E-state index is -0.508. The summed E-state index contributed by atoms with van der Waals surface area (Å²) in [6.45, 7) is 2.15. The van der Waals surface area contributed by atoms with Crippen molar-refractivity contribution in [3.05, 3.63) is 35.9 Å². The third-order valence-electron chi connectivity index (χ3n) is 3.70. The first kappa shape index (κ1) is 16.0. The van der Waals surface area contributed by atoms with Crippen LogP contribution in [0, 0.1) is 5.92 Å². The molecule has 1 aliphatic heterocycles. The number of carbonyl (C=O) groups excluding carboxylic acids is 2. The molecule has 1 aliphatic rings. The monoisotopic (exact) mass is 353 g/mol. The fraction of sp³-hybridized carbons (Fsp3) is 0.500. The van der Waals surface area contributed by atoms with Gasteiger partial charge in [-0.05, 0) is 24.8 Å². The second-order valence-electron chi connectivity index (χ2n) is 5.36. The molecule has 2 rings (SSSR count). The molecule has 0 radical (unpaired) electrons. The maximum Gasteiger partial charge on any atom is 0.416 e. The number of carbonyl (C=O) groups is 2. The van der Waals surface area contributed by atoms with Crippen LogP contribution in [-0.2, 0) is 16.0 Å². The van der Waals surface area contributed by atoms with Crippen LogP contribution in [-0.4, -0.2) is 34.9 Å². The fourth-order valence-electron chi connectivity index (χ4n) is 2.51. The van der Waals surface area contributed by atoms with Crippen molar-refractivity contribution in [1.29, 1.82) is 0 Å². The molecule has 0 saturated carbocycles. The van der Waals surface area contributed by atoms with Crippen LogP contribution in [0.5, 0.6) is 0 Å². The molecule has 0 bridgehead atoms. The predicted octanol–water partition coefficient (Wildman–Crippen LogP) is 3.39. The molecule has 21 heavy (non-hydrogen) atoms. The van der Waals surface area contributed by atoms with Gasteiger partial charge in [0.1, 0.15) is 6.61 Å². The van der Waals surface area contributed by atoms with Gasteiger partial charge in [0.25, 0.3) is 0 Å². The summed E-state index contributed by atoms with van der Waals surface area (Å²) in [7, 11) is 0. The van der Waals surface area contributed by atoms with Crippen molar-refractivity contribution < 1.29 is 14.3 Å². The number of alkyl halides is 1. The van der Waals surface area contributed by atoms with Crippen LogP contribution in [0.4, 0.5) is 4.79 Å². The van der Waals surface area contributed by atoms with E-state index in [0.717, 1.165) is 23.7 Å². The number of imide groups is 1. The summed E-state index contributed by atoms with van der Waals surface area (Å²) in [6, 6.07) is 9.67. The number of cyclic esters (lactones) is 1. The Morgan fingerprint density at radius 1 is 1.43 bits per heavy atom. The Hall–Kier alpha value is -1.36. The molecule has 0 N–H and O–H groups in total. The Bertz CT molecular complexity index is 492. The number of rotatable bonds is 6. The smallest absolute Gasteiger partial charge is 0.416 e. The molecular formula is C16H20BrNO3. The van der Waals surface area contributed by atoms with E-state index in [1.54, 1.807) is 0 Å². The molecule has 1 aromatic carbocycles. The maximum absolute atomic E-state index is 12.5. The largest absolute Gasteiger partial charge is 0.447 e. The quantitative estimate of drug-likeness (QED) is 0.736. The number of hydrogen-bond acceptors (Lipinski definition) is 3. The van der Waals surface area contributed by atoms with Gasteiger partial charge >= 0.3 is 6.09 Å². The molecule has 2 amide bonds. The van der Waals surface area contributed by atoms with Gasteiger partial charge in [-0.3, -0.25) is 4.79 Å². The summed E-state index contributed by atoms with van der Waals surface area (Å²) >= 11 is 3.36. The van der Waals surface area contributed by atoms with Crippen LogP contribution in [0.2, 0.25) is 0 Å². The van der Waals surface area contributed by atoms with E-state index in [-0.39, 0.29) is 24.5 Å². The minimum Gasteiger partial charge on any atom is -0.447 e. The Balaban J connectivity index is 2.04. The highest BCUT2D eigenvalue weighted by Gasteiger charge is 2.39. The molecule has 0 aliphatic carbocycles. The lowest BCUT2D eigenvalue weighted by Gasteiger charge is -2.23. The average molecular weight is 354 g/mol. The molecule has 4 nitrogen and oxygen atoms in total. The van der Waals surface area contributed by atoms with Gasteiger partial charge < -0.3 is 4.74 Å². The molecule has 1 aromatic rings. The Morgan fingerprint density at radius 2 is 2.14 bits per heavy atom. The van der Waals surface area contributed by atoms with Crippen LogP contribution in [0.25, 0.3) is 0 Å². The van der Waals surface area contributed by atoms with Gasteiger partial charge in [-0.2, -0.15) is 0 Å². The summed E-state index contributed by atoms with van der Waals surface area (Å²) in [5, 5.41) is 0.864. The standard InChI is InChI=1S/C16H20BrNO3/c1-12(6-5-9-17)15(19)18-14(11-21-16(18)20)10-13-7-3-2-4-8-13/h2-4,7-8,12,14H,5-6,9-11H2,1H3. The van der Waals surface area contributed by atoms with E-state index in [2.05, 4.69) is 15.9 Å². The zero-order valence-corrected chi connectivity index (χ0v) is 13.7. The lowest BCUT2D eigenvalue weighted by Crippen LogP contribution is -2.43. The van der Waals surface area contributed by atoms with E-state index >= 15 is 0 Å². The third-order valence-corrected chi connectivity index (χ3v) is 4.27. The molecule has 5 heteroatoms. The van der Waals surface area contributed by atoms with E-state index < -0.39 is 6.09 Å². The lowest BCUT2D eigenvalue weighted by atomic mass is 10.0. The highest BCUT2D eigenvalue weighted by atomic mass is 79.9. The van der Waals surface area contributed by atoms with Crippen LogP contribution >= 0.6 is 15.9 Å². The molecule has 1 fully saturated rings. The number of nitrogens with zero attached hydrogens (tertiary/aromatic N) is 1. The van der Waals surface area contributed by atoms with Crippen molar-refractivity contribution in [3.63, 3.8) is 0 Å². The minimum absolute atomic E-state index is 0.126. The topological polar surface area (TPSA) is 46.6 Å². The van der Waals surface area contributed by atoms with Gasteiger partial charge in [0.15, 0.2) is 0 Å². The zero-order chi connectivity index (χ0) is 15.2. The van der Waals surface area contributed by atoms with Crippen LogP contribution < -0.4 is 0 Å². The number of benzene rings is 1. The number of amides is 2. The first-order valence-corrected chi connectivity index (χ1v) is 8.35. The SMILES string of the molecule is CC(CCCBr)C(=O)N1C(=O)OCC1Cc1ccccc1. The number of hydrogen-bond donors (Lipinski definition) is 0. The van der Waals surface area contributed by atoms with Crippen molar-refractivity contribution >= 4 is 27.9 Å². The fourth-order valence-corrected chi connectivity index (χ4v) is 2.83. The van der Waals surface area contributed by atoms with Gasteiger partial charge in [0.2, 0.25) is 5.91 Å². The van der Waals surface area contributed by atoms with Crippen LogP contribution in [0.15, 0.2) is 30.3 Å². The first-order valence-electron chi connectivity index (χ1n) is 7.23. The van der Waals surface area contributed by atoms with E-state index in [4.69, 9.17) is 4.74 Å². The molecule has 1 heterocycles. The van der Waals surface area contributed by atoms with Gasteiger partial charge in [-0.25, -0.2) is 9.69 Å². The third kappa shape index (κ3) is 4.06. The molecule has 2 unspecified atom stereocenters. The highest BCUT2D eigenvalue weighted by Crippen LogP contribution is 2.21. The summed E-state index contributed by atoms with van der Waals surface area (Å²) in [6.07, 6.45) is 1.82. The van der Waals surface area contributed by atoms with Gasteiger partial charge in [-0.15, -0.1) is 0 Å². The van der Waals surface area contributed by atoms with Gasteiger partial charge in [0.05, 0.1) is 6.04 Å². The normalized spacial score (nSPS) is 19.4. The molecule has 114 valence electrons. The predicted molar refractivity (Wildman–Crippen MR) is 84.3 cm³/mol. The first-order chi connectivity index (χ1) is 10.1. The molecule has 2 atom stereocenters. The van der Waals surface area contributed by atoms with Crippen molar-refractivity contribution in [2.24, 2.45) is 5.92 Å². The van der Waals surface area contributed by atoms with E-state index in [1.165, 1.54) is 4.90 Å². The number of ether oxygens (including phenoxy) is 1. The Morgan fingerprint density at radius 3 is 2.81 bits per heavy atom. The average Bonchev–Trinajstić information content (AvgIpc) is 2.85. The summed E-state index contributed by atoms with van der Waals surface area (Å²) in [5.41, 5.74) is 1.10. The van der Waals surface area contributed by atoms with Crippen LogP contribution in [0.3, 0.4) is 0 Å². The van der Waals surface area contributed by atoms with Crippen LogP contribution in [0.1, 0.15) is 25.3 Å². The lowest BCUT2D eigenvalue weighted by molar-refractivity contribution is -0.133. The van der Waals surface area contributed by atoms with Gasteiger partial charge in [0, 0.05) is 11.2 Å². The van der Waals surface area contributed by atoms with Crippen molar-refractivity contribution in [1.82, 2.24) is 4.90 Å². The summed E-state index contributed by atoms with van der Waals surface area (Å²) in [4.78, 5) is 25.7. The maximum atomic E-state index is 12.5. The second-order valence-corrected chi connectivity index (χ2v) is 6.15. The Kier molecular flexibility index (Phi) is 5.79. The second kappa shape index (κ2) is 7.59. The van der Waals surface area contributed by atoms with E-state index in [1.807, 2.05) is 37.3 Å². The van der Waals surface area contributed by atoms with E-state index in [0.29, 0.717) is 6.42 Å². The molecule has 0 aromatic heterocycles. The molecular weight excluding hydrogens is 334 g/mol. The zero-order valence-electron chi connectivity index (χ0n) is 12.1. The molecule has 1 saturated heterocycles. The van der Waals surface area contributed by atoms with Crippen molar-refractivity contribution in [2.45, 2.75) is 32.2 Å². The van der Waals surface area contributed by atoms with Crippen molar-refractivity contribution in [3.8, 4) is 0 Å².